The molecule has 5 aromatic rings. The van der Waals surface area contributed by atoms with Crippen molar-refractivity contribution in [1.29, 1.82) is 0 Å². The van der Waals surface area contributed by atoms with Crippen LogP contribution in [-0.2, 0) is 13.0 Å². The SMILES string of the molecule is CCNC(=O)N(C)c1ccc2c(c1)nc(NC(=O)c1ccc(-c3cnco3)s1)n2CCc1cccnc1. The number of rotatable bonds is 8. The Morgan fingerprint density at radius 3 is 2.78 bits per heavy atom. The molecule has 0 bridgehead atoms. The first-order valence-electron chi connectivity index (χ1n) is 11.7. The standard InChI is InChI=1S/C26H25N7O3S/c1-3-29-26(35)32(2)18-6-7-20-19(13-18)30-25(33(20)12-10-17-5-4-11-27-14-17)31-24(34)23-9-8-22(37-23)21-15-28-16-36-21/h4-9,11,13-16H,3,10,12H2,1-2H3,(H,29,35)(H,30,31,34). The van der Waals surface area contributed by atoms with Crippen molar-refractivity contribution in [3.05, 3.63) is 77.9 Å². The van der Waals surface area contributed by atoms with Gasteiger partial charge >= 0.3 is 6.03 Å². The molecule has 5 rings (SSSR count). The van der Waals surface area contributed by atoms with Gasteiger partial charge in [0.2, 0.25) is 5.95 Å². The average Bonchev–Trinajstić information content (AvgIpc) is 3.67. The summed E-state index contributed by atoms with van der Waals surface area (Å²) in [7, 11) is 1.71. The number of urea groups is 1. The number of nitrogens with one attached hydrogen (secondary N) is 2. The summed E-state index contributed by atoms with van der Waals surface area (Å²) in [5, 5.41) is 5.76. The molecule has 0 fully saturated rings. The number of benzene rings is 1. The van der Waals surface area contributed by atoms with Crippen molar-refractivity contribution in [2.45, 2.75) is 19.9 Å². The fourth-order valence-electron chi connectivity index (χ4n) is 3.92. The van der Waals surface area contributed by atoms with Crippen molar-refractivity contribution in [2.75, 3.05) is 23.8 Å². The highest BCUT2D eigenvalue weighted by molar-refractivity contribution is 7.17. The lowest BCUT2D eigenvalue weighted by Crippen LogP contribution is -2.36. The molecule has 4 heterocycles. The largest absolute Gasteiger partial charge is 0.443 e. The number of anilines is 2. The number of fused-ring (bicyclic) bond motifs is 1. The van der Waals surface area contributed by atoms with Crippen LogP contribution in [0.1, 0.15) is 22.2 Å². The number of pyridine rings is 1. The molecule has 0 aliphatic heterocycles. The molecule has 10 nitrogen and oxygen atoms in total. The second kappa shape index (κ2) is 10.6. The van der Waals surface area contributed by atoms with E-state index in [4.69, 9.17) is 9.40 Å². The van der Waals surface area contributed by atoms with Crippen molar-refractivity contribution in [1.82, 2.24) is 24.8 Å². The van der Waals surface area contributed by atoms with Crippen LogP contribution in [0.5, 0.6) is 0 Å². The number of nitrogens with zero attached hydrogens (tertiary/aromatic N) is 5. The van der Waals surface area contributed by atoms with Gasteiger partial charge in [0.1, 0.15) is 0 Å². The lowest BCUT2D eigenvalue weighted by molar-refractivity contribution is 0.102. The number of amides is 3. The zero-order valence-electron chi connectivity index (χ0n) is 20.3. The van der Waals surface area contributed by atoms with Crippen LogP contribution in [0, 0.1) is 0 Å². The van der Waals surface area contributed by atoms with Crippen LogP contribution in [0.25, 0.3) is 21.7 Å². The Bertz CT molecular complexity index is 1530. The van der Waals surface area contributed by atoms with E-state index in [0.29, 0.717) is 47.3 Å². The average molecular weight is 516 g/mol. The van der Waals surface area contributed by atoms with Crippen LogP contribution in [0.4, 0.5) is 16.4 Å². The Morgan fingerprint density at radius 2 is 2.03 bits per heavy atom. The summed E-state index contributed by atoms with van der Waals surface area (Å²) in [5.74, 6) is 0.765. The van der Waals surface area contributed by atoms with Gasteiger partial charge in [-0.1, -0.05) is 6.07 Å². The lowest BCUT2D eigenvalue weighted by Gasteiger charge is -2.17. The quantitative estimate of drug-likeness (QED) is 0.306. The smallest absolute Gasteiger partial charge is 0.321 e. The lowest BCUT2D eigenvalue weighted by atomic mass is 10.2. The predicted molar refractivity (Wildman–Crippen MR) is 143 cm³/mol. The van der Waals surface area contributed by atoms with Gasteiger partial charge in [0.15, 0.2) is 12.2 Å². The molecular formula is C26H25N7O3S. The molecule has 4 aromatic heterocycles. The second-order valence-corrected chi connectivity index (χ2v) is 9.33. The summed E-state index contributed by atoms with van der Waals surface area (Å²) >= 11 is 1.31. The summed E-state index contributed by atoms with van der Waals surface area (Å²) in [5.41, 5.74) is 3.29. The maximum atomic E-state index is 13.2. The molecule has 0 saturated carbocycles. The summed E-state index contributed by atoms with van der Waals surface area (Å²) in [6.45, 7) is 2.98. The second-order valence-electron chi connectivity index (χ2n) is 8.25. The highest BCUT2D eigenvalue weighted by Crippen LogP contribution is 2.29. The highest BCUT2D eigenvalue weighted by Gasteiger charge is 2.19. The Kier molecular flexibility index (Phi) is 6.95. The number of carbonyl (C=O) groups is 2. The fraction of sp³-hybridized carbons (Fsp3) is 0.192. The third kappa shape index (κ3) is 5.21. The number of carbonyl (C=O) groups excluding carboxylic acids is 2. The van der Waals surface area contributed by atoms with Crippen LogP contribution >= 0.6 is 11.3 Å². The number of aromatic nitrogens is 4. The van der Waals surface area contributed by atoms with Gasteiger partial charge in [-0.2, -0.15) is 0 Å². The van der Waals surface area contributed by atoms with Crippen molar-refractivity contribution >= 4 is 45.9 Å². The molecule has 3 amide bonds. The molecule has 0 unspecified atom stereocenters. The maximum absolute atomic E-state index is 13.2. The Balaban J connectivity index is 1.45. The van der Waals surface area contributed by atoms with Gasteiger partial charge in [0, 0.05) is 38.2 Å². The molecule has 37 heavy (non-hydrogen) atoms. The molecule has 0 saturated heterocycles. The topological polar surface area (TPSA) is 118 Å². The van der Waals surface area contributed by atoms with E-state index >= 15 is 0 Å². The Labute approximate surface area is 217 Å². The molecule has 0 atom stereocenters. The van der Waals surface area contributed by atoms with Gasteiger partial charge in [0.05, 0.1) is 27.0 Å². The van der Waals surface area contributed by atoms with E-state index in [-0.39, 0.29) is 11.9 Å². The minimum Gasteiger partial charge on any atom is -0.443 e. The van der Waals surface area contributed by atoms with Gasteiger partial charge in [-0.3, -0.25) is 20.0 Å². The van der Waals surface area contributed by atoms with Crippen molar-refractivity contribution in [3.63, 3.8) is 0 Å². The monoisotopic (exact) mass is 515 g/mol. The number of oxazole rings is 1. The van der Waals surface area contributed by atoms with E-state index < -0.39 is 0 Å². The minimum absolute atomic E-state index is 0.202. The van der Waals surface area contributed by atoms with E-state index in [0.717, 1.165) is 16.0 Å². The van der Waals surface area contributed by atoms with Crippen molar-refractivity contribution in [2.24, 2.45) is 0 Å². The molecule has 11 heteroatoms. The van der Waals surface area contributed by atoms with Gasteiger partial charge in [-0.25, -0.2) is 14.8 Å². The summed E-state index contributed by atoms with van der Waals surface area (Å²) in [4.78, 5) is 41.2. The first-order chi connectivity index (χ1) is 18.0. The number of imidazole rings is 1. The summed E-state index contributed by atoms with van der Waals surface area (Å²) in [6, 6.07) is 12.9. The molecule has 0 spiro atoms. The summed E-state index contributed by atoms with van der Waals surface area (Å²) < 4.78 is 7.31. The van der Waals surface area contributed by atoms with Crippen LogP contribution in [0.15, 0.2) is 71.9 Å². The molecular weight excluding hydrogens is 490 g/mol. The van der Waals surface area contributed by atoms with Gasteiger partial charge < -0.3 is 14.3 Å². The van der Waals surface area contributed by atoms with Crippen molar-refractivity contribution in [3.8, 4) is 10.6 Å². The van der Waals surface area contributed by atoms with E-state index in [1.807, 2.05) is 54.1 Å². The van der Waals surface area contributed by atoms with Crippen LogP contribution in [-0.4, -0.2) is 45.0 Å². The third-order valence-corrected chi connectivity index (χ3v) is 6.93. The van der Waals surface area contributed by atoms with Crippen LogP contribution in [0.3, 0.4) is 0 Å². The maximum Gasteiger partial charge on any atom is 0.321 e. The Morgan fingerprint density at radius 1 is 1.14 bits per heavy atom. The molecule has 0 aliphatic carbocycles. The molecule has 0 radical (unpaired) electrons. The first kappa shape index (κ1) is 24.2. The van der Waals surface area contributed by atoms with E-state index in [1.165, 1.54) is 22.6 Å². The van der Waals surface area contributed by atoms with Crippen LogP contribution in [0.2, 0.25) is 0 Å². The minimum atomic E-state index is -0.270. The number of hydrogen-bond donors (Lipinski definition) is 2. The first-order valence-corrected chi connectivity index (χ1v) is 12.6. The molecule has 0 aliphatic rings. The Hall–Kier alpha value is -4.51. The van der Waals surface area contributed by atoms with Gasteiger partial charge in [-0.15, -0.1) is 11.3 Å². The number of hydrogen-bond acceptors (Lipinski definition) is 7. The van der Waals surface area contributed by atoms with E-state index in [2.05, 4.69) is 20.6 Å². The highest BCUT2D eigenvalue weighted by atomic mass is 32.1. The van der Waals surface area contributed by atoms with E-state index in [9.17, 15) is 9.59 Å². The molecule has 2 N–H and O–H groups in total. The fourth-order valence-corrected chi connectivity index (χ4v) is 4.77. The van der Waals surface area contributed by atoms with Crippen molar-refractivity contribution < 1.29 is 14.0 Å². The number of thiophene rings is 1. The zero-order valence-corrected chi connectivity index (χ0v) is 21.2. The van der Waals surface area contributed by atoms with Gasteiger partial charge in [-0.05, 0) is 55.3 Å². The van der Waals surface area contributed by atoms with Gasteiger partial charge in [0.25, 0.3) is 5.91 Å². The third-order valence-electron chi connectivity index (χ3n) is 5.83. The zero-order chi connectivity index (χ0) is 25.8. The molecule has 188 valence electrons. The van der Waals surface area contributed by atoms with Crippen LogP contribution < -0.4 is 15.5 Å². The van der Waals surface area contributed by atoms with E-state index in [1.54, 1.807) is 25.5 Å². The predicted octanol–water partition coefficient (Wildman–Crippen LogP) is 4.81. The normalized spacial score (nSPS) is 11.0. The summed E-state index contributed by atoms with van der Waals surface area (Å²) in [6.07, 6.45) is 7.24. The molecule has 1 aromatic carbocycles. The number of aryl methyl sites for hydroxylation is 2.